The summed E-state index contributed by atoms with van der Waals surface area (Å²) in [7, 11) is 0. The van der Waals surface area contributed by atoms with Crippen molar-refractivity contribution < 1.29 is 0 Å². The smallest absolute Gasteiger partial charge is 0.145 e. The van der Waals surface area contributed by atoms with E-state index in [-0.39, 0.29) is 0 Å². The lowest BCUT2D eigenvalue weighted by Gasteiger charge is -2.20. The Morgan fingerprint density at radius 1 is 1.25 bits per heavy atom. The lowest BCUT2D eigenvalue weighted by Crippen LogP contribution is -2.07. The third-order valence-corrected chi connectivity index (χ3v) is 4.92. The van der Waals surface area contributed by atoms with Gasteiger partial charge in [0.1, 0.15) is 5.82 Å². The molecule has 1 heterocycles. The molecule has 0 saturated heterocycles. The van der Waals surface area contributed by atoms with Crippen LogP contribution >= 0.6 is 15.9 Å². The number of hydrogen-bond donors (Lipinski definition) is 2. The van der Waals surface area contributed by atoms with Gasteiger partial charge in [0.25, 0.3) is 0 Å². The molecule has 3 nitrogen and oxygen atoms in total. The first-order valence-corrected chi connectivity index (χ1v) is 7.74. The Hall–Kier alpha value is -1.55. The summed E-state index contributed by atoms with van der Waals surface area (Å²) in [6, 6.07) is 6.48. The van der Waals surface area contributed by atoms with Crippen LogP contribution in [0.1, 0.15) is 29.5 Å². The highest BCUT2D eigenvalue weighted by molar-refractivity contribution is 9.10. The molecule has 1 aliphatic rings. The van der Waals surface area contributed by atoms with E-state index >= 15 is 0 Å². The molecular formula is C16H18BrN3. The summed E-state index contributed by atoms with van der Waals surface area (Å²) in [6.45, 7) is 1.99. The highest BCUT2D eigenvalue weighted by Gasteiger charge is 2.14. The molecule has 3 N–H and O–H groups in total. The molecule has 0 saturated carbocycles. The molecule has 0 spiro atoms. The van der Waals surface area contributed by atoms with Gasteiger partial charge in [-0.15, -0.1) is 0 Å². The van der Waals surface area contributed by atoms with E-state index in [1.807, 2.05) is 6.92 Å². The number of aromatic nitrogens is 1. The van der Waals surface area contributed by atoms with Gasteiger partial charge in [-0.2, -0.15) is 0 Å². The number of anilines is 3. The summed E-state index contributed by atoms with van der Waals surface area (Å²) in [5, 5.41) is 3.45. The number of pyridine rings is 1. The van der Waals surface area contributed by atoms with Crippen LogP contribution in [0.25, 0.3) is 0 Å². The average Bonchev–Trinajstić information content (AvgIpc) is 2.48. The van der Waals surface area contributed by atoms with Crippen LogP contribution in [0, 0.1) is 6.92 Å². The summed E-state index contributed by atoms with van der Waals surface area (Å²) in [4.78, 5) is 4.40. The fourth-order valence-electron chi connectivity index (χ4n) is 2.71. The van der Waals surface area contributed by atoms with Crippen LogP contribution in [-0.4, -0.2) is 4.98 Å². The van der Waals surface area contributed by atoms with E-state index in [2.05, 4.69) is 44.4 Å². The Bertz CT molecular complexity index is 652. The number of nitrogen functional groups attached to an aromatic ring is 1. The molecule has 0 atom stereocenters. The molecule has 3 rings (SSSR count). The van der Waals surface area contributed by atoms with Crippen LogP contribution in [0.3, 0.4) is 0 Å². The lowest BCUT2D eigenvalue weighted by molar-refractivity contribution is 0.687. The largest absolute Gasteiger partial charge is 0.397 e. The van der Waals surface area contributed by atoms with Crippen molar-refractivity contribution in [3.8, 4) is 0 Å². The quantitative estimate of drug-likeness (QED) is 0.859. The zero-order valence-corrected chi connectivity index (χ0v) is 13.1. The Balaban J connectivity index is 1.98. The van der Waals surface area contributed by atoms with Crippen molar-refractivity contribution in [2.24, 2.45) is 0 Å². The highest BCUT2D eigenvalue weighted by Crippen LogP contribution is 2.33. The second-order valence-electron chi connectivity index (χ2n) is 5.28. The third-order valence-electron chi connectivity index (χ3n) is 3.95. The van der Waals surface area contributed by atoms with Gasteiger partial charge in [-0.05, 0) is 71.3 Å². The number of nitrogens with one attached hydrogen (secondary N) is 1. The van der Waals surface area contributed by atoms with Crippen LogP contribution < -0.4 is 11.1 Å². The molecule has 0 unspecified atom stereocenters. The monoisotopic (exact) mass is 331 g/mol. The summed E-state index contributed by atoms with van der Waals surface area (Å²) in [6.07, 6.45) is 6.59. The topological polar surface area (TPSA) is 50.9 Å². The fraction of sp³-hybridized carbons (Fsp3) is 0.312. The Kier molecular flexibility index (Phi) is 3.66. The van der Waals surface area contributed by atoms with Gasteiger partial charge in [0.15, 0.2) is 0 Å². The standard InChI is InChI=1S/C16H18BrN3/c1-10-13(18)9-19-16(15(10)17)20-14-8-4-6-11-5-2-3-7-12(11)14/h4,6,8-9H,2-3,5,7,18H2,1H3,(H,19,20). The van der Waals surface area contributed by atoms with Crippen molar-refractivity contribution in [2.45, 2.75) is 32.6 Å². The Morgan fingerprint density at radius 2 is 2.05 bits per heavy atom. The third kappa shape index (κ3) is 2.40. The zero-order chi connectivity index (χ0) is 14.1. The maximum atomic E-state index is 5.87. The van der Waals surface area contributed by atoms with Crippen LogP contribution in [0.2, 0.25) is 0 Å². The van der Waals surface area contributed by atoms with E-state index in [4.69, 9.17) is 5.73 Å². The molecule has 0 radical (unpaired) electrons. The first-order valence-electron chi connectivity index (χ1n) is 6.95. The number of hydrogen-bond acceptors (Lipinski definition) is 3. The van der Waals surface area contributed by atoms with Crippen molar-refractivity contribution in [2.75, 3.05) is 11.1 Å². The fourth-order valence-corrected chi connectivity index (χ4v) is 3.14. The molecular weight excluding hydrogens is 314 g/mol. The number of halogens is 1. The highest BCUT2D eigenvalue weighted by atomic mass is 79.9. The predicted octanol–water partition coefficient (Wildman–Crippen LogP) is 4.36. The summed E-state index contributed by atoms with van der Waals surface area (Å²) in [5.74, 6) is 0.829. The zero-order valence-electron chi connectivity index (χ0n) is 11.5. The van der Waals surface area contributed by atoms with Gasteiger partial charge in [-0.3, -0.25) is 0 Å². The van der Waals surface area contributed by atoms with Crippen molar-refractivity contribution in [1.29, 1.82) is 0 Å². The van der Waals surface area contributed by atoms with E-state index in [9.17, 15) is 0 Å². The van der Waals surface area contributed by atoms with E-state index in [1.54, 1.807) is 6.20 Å². The van der Waals surface area contributed by atoms with Gasteiger partial charge in [0.05, 0.1) is 16.4 Å². The molecule has 4 heteroatoms. The average molecular weight is 332 g/mol. The molecule has 1 aromatic heterocycles. The van der Waals surface area contributed by atoms with Gasteiger partial charge in [-0.25, -0.2) is 4.98 Å². The van der Waals surface area contributed by atoms with Crippen LogP contribution in [-0.2, 0) is 12.8 Å². The number of fused-ring (bicyclic) bond motifs is 1. The predicted molar refractivity (Wildman–Crippen MR) is 87.5 cm³/mol. The molecule has 0 amide bonds. The SMILES string of the molecule is Cc1c(N)cnc(Nc2cccc3c2CCCC3)c1Br. The number of aryl methyl sites for hydroxylation is 1. The van der Waals surface area contributed by atoms with Gasteiger partial charge in [0, 0.05) is 5.69 Å². The number of benzene rings is 1. The van der Waals surface area contributed by atoms with Crippen molar-refractivity contribution in [3.63, 3.8) is 0 Å². The molecule has 2 aromatic rings. The second kappa shape index (κ2) is 5.44. The molecule has 1 aromatic carbocycles. The minimum atomic E-state index is 0.706. The van der Waals surface area contributed by atoms with E-state index in [0.717, 1.165) is 22.3 Å². The molecule has 0 aliphatic heterocycles. The first kappa shape index (κ1) is 13.4. The van der Waals surface area contributed by atoms with Gasteiger partial charge >= 0.3 is 0 Å². The Morgan fingerprint density at radius 3 is 2.90 bits per heavy atom. The minimum Gasteiger partial charge on any atom is -0.397 e. The summed E-state index contributed by atoms with van der Waals surface area (Å²) < 4.78 is 0.936. The number of rotatable bonds is 2. The first-order chi connectivity index (χ1) is 9.66. The second-order valence-corrected chi connectivity index (χ2v) is 6.07. The maximum absolute atomic E-state index is 5.87. The van der Waals surface area contributed by atoms with E-state index < -0.39 is 0 Å². The van der Waals surface area contributed by atoms with Crippen molar-refractivity contribution >= 4 is 33.1 Å². The van der Waals surface area contributed by atoms with Crippen molar-refractivity contribution in [3.05, 3.63) is 45.6 Å². The van der Waals surface area contributed by atoms with Gasteiger partial charge in [0.2, 0.25) is 0 Å². The van der Waals surface area contributed by atoms with Gasteiger partial charge in [-0.1, -0.05) is 12.1 Å². The maximum Gasteiger partial charge on any atom is 0.145 e. The molecule has 1 aliphatic carbocycles. The van der Waals surface area contributed by atoms with Crippen LogP contribution in [0.15, 0.2) is 28.9 Å². The molecule has 0 bridgehead atoms. The summed E-state index contributed by atoms with van der Waals surface area (Å²) in [5.41, 5.74) is 11.7. The Labute approximate surface area is 127 Å². The summed E-state index contributed by atoms with van der Waals surface area (Å²) >= 11 is 3.58. The number of nitrogens with zero attached hydrogens (tertiary/aromatic N) is 1. The number of nitrogens with two attached hydrogens (primary N) is 1. The van der Waals surface area contributed by atoms with E-state index in [1.165, 1.54) is 36.1 Å². The molecule has 104 valence electrons. The van der Waals surface area contributed by atoms with Crippen LogP contribution in [0.5, 0.6) is 0 Å². The van der Waals surface area contributed by atoms with Gasteiger partial charge < -0.3 is 11.1 Å². The van der Waals surface area contributed by atoms with Crippen molar-refractivity contribution in [1.82, 2.24) is 4.98 Å². The lowest BCUT2D eigenvalue weighted by atomic mass is 9.90. The molecule has 0 fully saturated rings. The minimum absolute atomic E-state index is 0.706. The van der Waals surface area contributed by atoms with E-state index in [0.29, 0.717) is 5.69 Å². The normalized spacial score (nSPS) is 13.9. The molecule has 20 heavy (non-hydrogen) atoms. The van der Waals surface area contributed by atoms with Crippen LogP contribution in [0.4, 0.5) is 17.2 Å².